The number of carbonyl (C=O) groups excluding carboxylic acids is 1. The molecule has 3 nitrogen and oxygen atoms in total. The highest BCUT2D eigenvalue weighted by molar-refractivity contribution is 6.31. The van der Waals surface area contributed by atoms with Crippen molar-refractivity contribution in [2.24, 2.45) is 0 Å². The topological polar surface area (TPSA) is 49.3 Å². The lowest BCUT2D eigenvalue weighted by atomic mass is 10.1. The number of hydrogen-bond donors (Lipinski definition) is 2. The predicted molar refractivity (Wildman–Crippen MR) is 70.7 cm³/mol. The van der Waals surface area contributed by atoms with E-state index in [0.29, 0.717) is 5.02 Å². The Morgan fingerprint density at radius 3 is 2.68 bits per heavy atom. The predicted octanol–water partition coefficient (Wildman–Crippen LogP) is 3.11. The van der Waals surface area contributed by atoms with Crippen molar-refractivity contribution in [3.63, 3.8) is 0 Å². The van der Waals surface area contributed by atoms with Gasteiger partial charge in [0.2, 0.25) is 0 Å². The van der Waals surface area contributed by atoms with Crippen molar-refractivity contribution in [3.05, 3.63) is 64.4 Å². The lowest BCUT2D eigenvalue weighted by Gasteiger charge is -2.07. The molecule has 98 valence electrons. The average molecular weight is 280 g/mol. The summed E-state index contributed by atoms with van der Waals surface area (Å²) in [6.45, 7) is 0.207. The maximum Gasteiger partial charge on any atom is 0.254 e. The molecule has 2 rings (SSSR count). The van der Waals surface area contributed by atoms with Crippen LogP contribution in [-0.2, 0) is 6.54 Å². The number of phenols is 1. The molecule has 2 N–H and O–H groups in total. The monoisotopic (exact) mass is 279 g/mol. The Labute approximate surface area is 114 Å². The Morgan fingerprint density at radius 1 is 1.26 bits per heavy atom. The van der Waals surface area contributed by atoms with Crippen LogP contribution in [0.4, 0.5) is 4.39 Å². The molecule has 0 aliphatic heterocycles. The van der Waals surface area contributed by atoms with E-state index >= 15 is 0 Å². The zero-order valence-corrected chi connectivity index (χ0v) is 10.6. The number of amides is 1. The molecule has 0 heterocycles. The lowest BCUT2D eigenvalue weighted by Crippen LogP contribution is -2.23. The van der Waals surface area contributed by atoms with Gasteiger partial charge in [-0.15, -0.1) is 0 Å². The van der Waals surface area contributed by atoms with E-state index in [1.807, 2.05) is 0 Å². The van der Waals surface area contributed by atoms with Crippen molar-refractivity contribution in [1.29, 1.82) is 0 Å². The van der Waals surface area contributed by atoms with Crippen LogP contribution in [-0.4, -0.2) is 11.0 Å². The summed E-state index contributed by atoms with van der Waals surface area (Å²) < 4.78 is 13.5. The molecule has 0 spiro atoms. The number of carbonyl (C=O) groups is 1. The fourth-order valence-corrected chi connectivity index (χ4v) is 1.80. The van der Waals surface area contributed by atoms with Crippen LogP contribution in [0.1, 0.15) is 15.9 Å². The molecule has 2 aromatic carbocycles. The van der Waals surface area contributed by atoms with Gasteiger partial charge in [-0.1, -0.05) is 29.8 Å². The summed E-state index contributed by atoms with van der Waals surface area (Å²) in [4.78, 5) is 11.8. The minimum Gasteiger partial charge on any atom is -0.508 e. The van der Waals surface area contributed by atoms with Gasteiger partial charge in [-0.05, 0) is 23.8 Å². The van der Waals surface area contributed by atoms with Gasteiger partial charge in [0.15, 0.2) is 0 Å². The second kappa shape index (κ2) is 5.71. The quantitative estimate of drug-likeness (QED) is 0.907. The Morgan fingerprint density at radius 2 is 2.00 bits per heavy atom. The third kappa shape index (κ3) is 3.23. The molecule has 5 heteroatoms. The summed E-state index contributed by atoms with van der Waals surface area (Å²) in [6, 6.07) is 10.5. The first kappa shape index (κ1) is 13.4. The molecule has 0 saturated carbocycles. The first-order valence-electron chi connectivity index (χ1n) is 5.58. The first-order valence-corrected chi connectivity index (χ1v) is 5.96. The van der Waals surface area contributed by atoms with E-state index in [0.717, 1.165) is 11.6 Å². The molecular weight excluding hydrogens is 269 g/mol. The highest BCUT2D eigenvalue weighted by Crippen LogP contribution is 2.16. The van der Waals surface area contributed by atoms with E-state index in [9.17, 15) is 9.18 Å². The number of aromatic hydroxyl groups is 1. The molecule has 0 bridgehead atoms. The number of hydrogen-bond acceptors (Lipinski definition) is 2. The van der Waals surface area contributed by atoms with E-state index in [-0.39, 0.29) is 17.9 Å². The van der Waals surface area contributed by atoms with Crippen LogP contribution in [0, 0.1) is 5.82 Å². The normalized spacial score (nSPS) is 10.2. The molecule has 0 saturated heterocycles. The molecule has 0 aliphatic rings. The number of rotatable bonds is 3. The minimum absolute atomic E-state index is 0.121. The van der Waals surface area contributed by atoms with E-state index < -0.39 is 11.7 Å². The van der Waals surface area contributed by atoms with Crippen molar-refractivity contribution in [1.82, 2.24) is 5.32 Å². The van der Waals surface area contributed by atoms with Gasteiger partial charge < -0.3 is 10.4 Å². The SMILES string of the molecule is O=C(NCc1ccccc1Cl)c1ccc(O)cc1F. The molecule has 19 heavy (non-hydrogen) atoms. The molecule has 2 aromatic rings. The second-order valence-electron chi connectivity index (χ2n) is 3.94. The molecule has 0 atom stereocenters. The van der Waals surface area contributed by atoms with E-state index in [2.05, 4.69) is 5.32 Å². The molecular formula is C14H11ClFNO2. The van der Waals surface area contributed by atoms with Gasteiger partial charge in [0, 0.05) is 17.6 Å². The lowest BCUT2D eigenvalue weighted by molar-refractivity contribution is 0.0947. The minimum atomic E-state index is -0.767. The van der Waals surface area contributed by atoms with Crippen molar-refractivity contribution < 1.29 is 14.3 Å². The van der Waals surface area contributed by atoms with Crippen molar-refractivity contribution >= 4 is 17.5 Å². The molecule has 0 aromatic heterocycles. The Balaban J connectivity index is 2.08. The van der Waals surface area contributed by atoms with Crippen LogP contribution in [0.2, 0.25) is 5.02 Å². The van der Waals surface area contributed by atoms with Gasteiger partial charge in [0.25, 0.3) is 5.91 Å². The summed E-state index contributed by atoms with van der Waals surface area (Å²) in [5.41, 5.74) is 0.626. The van der Waals surface area contributed by atoms with Gasteiger partial charge in [-0.2, -0.15) is 0 Å². The first-order chi connectivity index (χ1) is 9.08. The van der Waals surface area contributed by atoms with Gasteiger partial charge in [-0.25, -0.2) is 4.39 Å². The highest BCUT2D eigenvalue weighted by Gasteiger charge is 2.12. The second-order valence-corrected chi connectivity index (χ2v) is 4.35. The number of nitrogens with one attached hydrogen (secondary N) is 1. The molecule has 0 radical (unpaired) electrons. The summed E-state index contributed by atoms with van der Waals surface area (Å²) in [5, 5.41) is 12.2. The highest BCUT2D eigenvalue weighted by atomic mass is 35.5. The zero-order chi connectivity index (χ0) is 13.8. The van der Waals surface area contributed by atoms with Crippen LogP contribution in [0.25, 0.3) is 0 Å². The van der Waals surface area contributed by atoms with Gasteiger partial charge in [-0.3, -0.25) is 4.79 Å². The number of benzene rings is 2. The van der Waals surface area contributed by atoms with E-state index in [4.69, 9.17) is 16.7 Å². The Kier molecular flexibility index (Phi) is 4.02. The third-order valence-electron chi connectivity index (χ3n) is 2.59. The van der Waals surface area contributed by atoms with Crippen LogP contribution in [0.3, 0.4) is 0 Å². The van der Waals surface area contributed by atoms with Gasteiger partial charge in [0.05, 0.1) is 5.56 Å². The fraction of sp³-hybridized carbons (Fsp3) is 0.0714. The summed E-state index contributed by atoms with van der Waals surface area (Å²) in [7, 11) is 0. The fourth-order valence-electron chi connectivity index (χ4n) is 1.60. The maximum absolute atomic E-state index is 13.5. The molecule has 0 aliphatic carbocycles. The zero-order valence-electron chi connectivity index (χ0n) is 9.86. The number of halogens is 2. The molecule has 0 fully saturated rings. The summed E-state index contributed by atoms with van der Waals surface area (Å²) in [6.07, 6.45) is 0. The largest absolute Gasteiger partial charge is 0.508 e. The molecule has 1 amide bonds. The summed E-state index contributed by atoms with van der Waals surface area (Å²) >= 11 is 5.95. The van der Waals surface area contributed by atoms with Crippen molar-refractivity contribution in [3.8, 4) is 5.75 Å². The number of phenolic OH excluding ortho intramolecular Hbond substituents is 1. The maximum atomic E-state index is 13.5. The third-order valence-corrected chi connectivity index (χ3v) is 2.96. The van der Waals surface area contributed by atoms with E-state index in [1.165, 1.54) is 12.1 Å². The van der Waals surface area contributed by atoms with Gasteiger partial charge in [0.1, 0.15) is 11.6 Å². The summed E-state index contributed by atoms with van der Waals surface area (Å²) in [5.74, 6) is -1.55. The molecule has 0 unspecified atom stereocenters. The Hall–Kier alpha value is -2.07. The van der Waals surface area contributed by atoms with Crippen LogP contribution < -0.4 is 5.32 Å². The van der Waals surface area contributed by atoms with Crippen LogP contribution in [0.15, 0.2) is 42.5 Å². The van der Waals surface area contributed by atoms with Gasteiger partial charge >= 0.3 is 0 Å². The van der Waals surface area contributed by atoms with E-state index in [1.54, 1.807) is 24.3 Å². The van der Waals surface area contributed by atoms with Crippen molar-refractivity contribution in [2.75, 3.05) is 0 Å². The van der Waals surface area contributed by atoms with Crippen LogP contribution >= 0.6 is 11.6 Å². The van der Waals surface area contributed by atoms with Crippen LogP contribution in [0.5, 0.6) is 5.75 Å². The average Bonchev–Trinajstić information content (AvgIpc) is 2.37. The standard InChI is InChI=1S/C14H11ClFNO2/c15-12-4-2-1-3-9(12)8-17-14(19)11-6-5-10(18)7-13(11)16/h1-7,18H,8H2,(H,17,19). The van der Waals surface area contributed by atoms with Crippen molar-refractivity contribution in [2.45, 2.75) is 6.54 Å². The Bertz CT molecular complexity index is 616. The smallest absolute Gasteiger partial charge is 0.254 e.